The van der Waals surface area contributed by atoms with Crippen LogP contribution in [0.5, 0.6) is 0 Å². The van der Waals surface area contributed by atoms with Crippen molar-refractivity contribution >= 4 is 17.4 Å². The number of allylic oxidation sites excluding steroid dienone is 3. The number of rotatable bonds is 13. The normalized spacial score (nSPS) is 30.8. The minimum atomic E-state index is -1.53. The molecule has 40 heavy (non-hydrogen) atoms. The van der Waals surface area contributed by atoms with Crippen LogP contribution in [0.3, 0.4) is 0 Å². The lowest BCUT2D eigenvalue weighted by molar-refractivity contribution is -0.221. The number of ketones is 1. The Bertz CT molecular complexity index is 1080. The molecule has 1 aromatic rings. The molecule has 1 saturated carbocycles. The third kappa shape index (κ3) is 8.77. The number of hydrogen-bond donors (Lipinski definition) is 7. The van der Waals surface area contributed by atoms with E-state index < -0.39 is 37.3 Å². The minimum absolute atomic E-state index is 0.101. The van der Waals surface area contributed by atoms with Crippen molar-refractivity contribution in [3.63, 3.8) is 0 Å². The van der Waals surface area contributed by atoms with Gasteiger partial charge < -0.3 is 45.3 Å². The zero-order valence-corrected chi connectivity index (χ0v) is 23.8. The van der Waals surface area contributed by atoms with E-state index in [9.17, 15) is 30.3 Å². The predicted octanol–water partition coefficient (Wildman–Crippen LogP) is 1.32. The first-order chi connectivity index (χ1) is 18.8. The van der Waals surface area contributed by atoms with Crippen molar-refractivity contribution < 1.29 is 39.8 Å². The quantitative estimate of drug-likeness (QED) is 0.104. The minimum Gasteiger partial charge on any atom is -0.394 e. The Balaban J connectivity index is 1.50. The molecule has 3 rings (SSSR count). The summed E-state index contributed by atoms with van der Waals surface area (Å²) in [5, 5.41) is 51.9. The van der Waals surface area contributed by atoms with Crippen LogP contribution in [0, 0.1) is 11.8 Å². The molecule has 0 amide bonds. The molecule has 7 N–H and O–H groups in total. The standard InChI is InChI=1S/C28H44N4O8/c1-15(14-39-28(4,5)11-18-8-9-20(18)34)6-7-16(2)30-17(3)10-21(35)19-12-29-27(31-19)32-26-25(38)24(37)23(36)22(13-33)40-26/h6-7,10,12,15,18,20,22-26,33-34,36-38H,8-9,11,13-14H2,1-5H3,(H2,29,31,32)/b7-6-,17-10-,30-16-. The molecule has 0 radical (unpaired) electrons. The SMILES string of the molecule is CC(=C/C(=O)c1cnc(NC2OC(CO)C(O)C(O)C2O)[nH]1)/N=C(C)\C=C/C(C)COC(C)(C)CC1CCC1O. The fourth-order valence-corrected chi connectivity index (χ4v) is 4.69. The zero-order chi connectivity index (χ0) is 29.6. The lowest BCUT2D eigenvalue weighted by Gasteiger charge is -2.40. The average Bonchev–Trinajstić information content (AvgIpc) is 3.37. The third-order valence-corrected chi connectivity index (χ3v) is 7.24. The van der Waals surface area contributed by atoms with E-state index in [2.05, 4.69) is 41.0 Å². The van der Waals surface area contributed by atoms with E-state index in [1.165, 1.54) is 12.3 Å². The topological polar surface area (TPSA) is 190 Å². The van der Waals surface area contributed by atoms with Crippen molar-refractivity contribution in [2.45, 2.75) is 96.2 Å². The first-order valence-corrected chi connectivity index (χ1v) is 13.7. The Labute approximate surface area is 234 Å². The molecule has 0 spiro atoms. The molecule has 2 fully saturated rings. The van der Waals surface area contributed by atoms with Crippen LogP contribution in [0.15, 0.2) is 35.1 Å². The van der Waals surface area contributed by atoms with Gasteiger partial charge in [0.1, 0.15) is 30.1 Å². The molecule has 8 unspecified atom stereocenters. The maximum absolute atomic E-state index is 12.7. The molecule has 8 atom stereocenters. The summed E-state index contributed by atoms with van der Waals surface area (Å²) in [4.78, 5) is 24.0. The fourth-order valence-electron chi connectivity index (χ4n) is 4.69. The highest BCUT2D eigenvalue weighted by Crippen LogP contribution is 2.35. The number of ether oxygens (including phenoxy) is 2. The van der Waals surface area contributed by atoms with E-state index in [1.54, 1.807) is 6.92 Å². The van der Waals surface area contributed by atoms with Gasteiger partial charge in [-0.15, -0.1) is 0 Å². The van der Waals surface area contributed by atoms with Gasteiger partial charge in [0, 0.05) is 17.5 Å². The third-order valence-electron chi connectivity index (χ3n) is 7.24. The van der Waals surface area contributed by atoms with Crippen LogP contribution in [0.2, 0.25) is 0 Å². The van der Waals surface area contributed by atoms with Crippen molar-refractivity contribution in [2.24, 2.45) is 16.8 Å². The molecule has 12 nitrogen and oxygen atoms in total. The molecule has 2 aliphatic rings. The number of nitrogens with one attached hydrogen (secondary N) is 2. The summed E-state index contributed by atoms with van der Waals surface area (Å²) in [6, 6.07) is 0. The van der Waals surface area contributed by atoms with Gasteiger partial charge in [-0.1, -0.05) is 13.0 Å². The first kappa shape index (κ1) is 32.1. The van der Waals surface area contributed by atoms with Gasteiger partial charge in [0.15, 0.2) is 6.23 Å². The zero-order valence-electron chi connectivity index (χ0n) is 23.8. The monoisotopic (exact) mass is 564 g/mol. The van der Waals surface area contributed by atoms with Crippen molar-refractivity contribution in [1.29, 1.82) is 0 Å². The molecule has 12 heteroatoms. The second-order valence-electron chi connectivity index (χ2n) is 11.5. The van der Waals surface area contributed by atoms with Crippen LogP contribution in [-0.4, -0.2) is 103 Å². The highest BCUT2D eigenvalue weighted by atomic mass is 16.6. The number of nitrogens with zero attached hydrogens (tertiary/aromatic N) is 2. The molecule has 1 aliphatic heterocycles. The van der Waals surface area contributed by atoms with Crippen molar-refractivity contribution in [1.82, 2.24) is 9.97 Å². The van der Waals surface area contributed by atoms with Gasteiger partial charge in [0.05, 0.1) is 31.1 Å². The number of hydrogen-bond acceptors (Lipinski definition) is 11. The van der Waals surface area contributed by atoms with Crippen LogP contribution < -0.4 is 5.32 Å². The summed E-state index contributed by atoms with van der Waals surface area (Å²) in [6.45, 7) is 9.71. The highest BCUT2D eigenvalue weighted by Gasteiger charge is 2.43. The van der Waals surface area contributed by atoms with Gasteiger partial charge in [0.25, 0.3) is 0 Å². The maximum Gasteiger partial charge on any atom is 0.205 e. The molecular weight excluding hydrogens is 520 g/mol. The Hall–Kier alpha value is -2.45. The summed E-state index contributed by atoms with van der Waals surface area (Å²) >= 11 is 0. The molecule has 1 aliphatic carbocycles. The first-order valence-electron chi connectivity index (χ1n) is 13.7. The van der Waals surface area contributed by atoms with Crippen LogP contribution >= 0.6 is 0 Å². The Morgan fingerprint density at radius 1 is 1.25 bits per heavy atom. The fraction of sp³-hybridized carbons (Fsp3) is 0.679. The Morgan fingerprint density at radius 2 is 1.98 bits per heavy atom. The average molecular weight is 565 g/mol. The van der Waals surface area contributed by atoms with Gasteiger partial charge >= 0.3 is 0 Å². The Morgan fingerprint density at radius 3 is 2.60 bits per heavy atom. The maximum atomic E-state index is 12.7. The number of H-pyrrole nitrogens is 1. The van der Waals surface area contributed by atoms with E-state index >= 15 is 0 Å². The second-order valence-corrected chi connectivity index (χ2v) is 11.5. The number of carbonyl (C=O) groups is 1. The summed E-state index contributed by atoms with van der Waals surface area (Å²) in [6.07, 6.45) is 2.40. The van der Waals surface area contributed by atoms with Crippen LogP contribution in [0.25, 0.3) is 0 Å². The molecule has 224 valence electrons. The van der Waals surface area contributed by atoms with E-state index in [4.69, 9.17) is 9.47 Å². The van der Waals surface area contributed by atoms with Crippen LogP contribution in [0.1, 0.15) is 64.4 Å². The summed E-state index contributed by atoms with van der Waals surface area (Å²) in [5.41, 5.74) is 1.08. The Kier molecular flexibility index (Phi) is 11.2. The van der Waals surface area contributed by atoms with Gasteiger partial charge in [0.2, 0.25) is 11.7 Å². The number of aliphatic hydroxyl groups is 5. The molecule has 1 aromatic heterocycles. The van der Waals surface area contributed by atoms with E-state index in [0.29, 0.717) is 18.2 Å². The van der Waals surface area contributed by atoms with Gasteiger partial charge in [-0.25, -0.2) is 4.98 Å². The number of anilines is 1. The van der Waals surface area contributed by atoms with Gasteiger partial charge in [-0.3, -0.25) is 9.79 Å². The number of aliphatic imine (C=N–C) groups is 1. The van der Waals surface area contributed by atoms with Gasteiger partial charge in [-0.05, 0) is 64.9 Å². The van der Waals surface area contributed by atoms with Crippen molar-refractivity contribution in [2.75, 3.05) is 18.5 Å². The summed E-state index contributed by atoms with van der Waals surface area (Å²) in [7, 11) is 0. The number of aromatic amines is 1. The number of carbonyl (C=O) groups excluding carboxylic acids is 1. The number of aliphatic hydroxyl groups excluding tert-OH is 5. The van der Waals surface area contributed by atoms with E-state index in [0.717, 1.165) is 25.0 Å². The molecule has 2 heterocycles. The molecule has 0 aromatic carbocycles. The van der Waals surface area contributed by atoms with Crippen LogP contribution in [-0.2, 0) is 9.47 Å². The van der Waals surface area contributed by atoms with Crippen molar-refractivity contribution in [3.8, 4) is 0 Å². The lowest BCUT2D eigenvalue weighted by atomic mass is 9.75. The summed E-state index contributed by atoms with van der Waals surface area (Å²) in [5.74, 6) is 0.207. The van der Waals surface area contributed by atoms with E-state index in [1.807, 2.05) is 19.1 Å². The molecular formula is C28H44N4O8. The predicted molar refractivity (Wildman–Crippen MR) is 149 cm³/mol. The largest absolute Gasteiger partial charge is 0.394 e. The van der Waals surface area contributed by atoms with Crippen LogP contribution in [0.4, 0.5) is 5.95 Å². The number of imidazole rings is 1. The lowest BCUT2D eigenvalue weighted by Crippen LogP contribution is -2.60. The smallest absolute Gasteiger partial charge is 0.205 e. The van der Waals surface area contributed by atoms with E-state index in [-0.39, 0.29) is 35.0 Å². The van der Waals surface area contributed by atoms with Crippen molar-refractivity contribution in [3.05, 3.63) is 35.8 Å². The molecule has 1 saturated heterocycles. The highest BCUT2D eigenvalue weighted by molar-refractivity contribution is 6.04. The second kappa shape index (κ2) is 13.9. The molecule has 0 bridgehead atoms. The summed E-state index contributed by atoms with van der Waals surface area (Å²) < 4.78 is 11.5. The van der Waals surface area contributed by atoms with Gasteiger partial charge in [-0.2, -0.15) is 0 Å². The number of aromatic nitrogens is 2.